The van der Waals surface area contributed by atoms with Crippen LogP contribution in [0.25, 0.3) is 0 Å². The topological polar surface area (TPSA) is 87.3 Å². The molecule has 0 saturated carbocycles. The Morgan fingerprint density at radius 1 is 1.22 bits per heavy atom. The number of hydrogen-bond acceptors (Lipinski definition) is 6. The van der Waals surface area contributed by atoms with Crippen LogP contribution in [0.2, 0.25) is 5.02 Å². The van der Waals surface area contributed by atoms with E-state index in [1.807, 2.05) is 13.8 Å². The van der Waals surface area contributed by atoms with Gasteiger partial charge in [-0.15, -0.1) is 0 Å². The van der Waals surface area contributed by atoms with Gasteiger partial charge >= 0.3 is 6.18 Å². The standard InChI is InChI=1S/C24H20ClF4N5O2/c1-23(2)9-13-18-16(31-22(33-18)34-19-14(25)4-3-5-15(19)26)8-12(20(13)36-23)21(35)32-17-7-6-11(10-30-17)24(27,28)29/h3-8,10,22,31,33-34H,9H2,1-2H3,(H,30,32,35). The molecule has 0 aliphatic carbocycles. The van der Waals surface area contributed by atoms with Gasteiger partial charge in [0.2, 0.25) is 0 Å². The fourth-order valence-electron chi connectivity index (χ4n) is 4.20. The molecule has 2 aliphatic heterocycles. The third kappa shape index (κ3) is 4.46. The number of pyridine rings is 1. The first-order valence-corrected chi connectivity index (χ1v) is 11.3. The molecule has 4 N–H and O–H groups in total. The molecule has 5 rings (SSSR count). The molecule has 1 unspecified atom stereocenters. The lowest BCUT2D eigenvalue weighted by atomic mass is 9.97. The Morgan fingerprint density at radius 3 is 2.67 bits per heavy atom. The maximum atomic E-state index is 14.3. The van der Waals surface area contributed by atoms with E-state index < -0.39 is 35.4 Å². The second kappa shape index (κ2) is 8.44. The van der Waals surface area contributed by atoms with Gasteiger partial charge in [0.1, 0.15) is 23.0 Å². The van der Waals surface area contributed by atoms with E-state index >= 15 is 0 Å². The van der Waals surface area contributed by atoms with Crippen molar-refractivity contribution in [2.75, 3.05) is 21.3 Å². The highest BCUT2D eigenvalue weighted by molar-refractivity contribution is 6.33. The smallest absolute Gasteiger partial charge is 0.417 e. The maximum absolute atomic E-state index is 14.3. The molecule has 3 heterocycles. The molecule has 0 radical (unpaired) electrons. The fourth-order valence-corrected chi connectivity index (χ4v) is 4.42. The number of fused-ring (bicyclic) bond motifs is 3. The number of aromatic nitrogens is 1. The van der Waals surface area contributed by atoms with Gasteiger partial charge in [0.15, 0.2) is 6.29 Å². The van der Waals surface area contributed by atoms with Crippen LogP contribution in [-0.4, -0.2) is 22.8 Å². The number of hydrogen-bond donors (Lipinski definition) is 4. The third-order valence-electron chi connectivity index (χ3n) is 5.78. The summed E-state index contributed by atoms with van der Waals surface area (Å²) in [5, 5.41) is 12.1. The van der Waals surface area contributed by atoms with Gasteiger partial charge in [-0.3, -0.25) is 4.79 Å². The minimum atomic E-state index is -4.54. The van der Waals surface area contributed by atoms with Crippen LogP contribution in [0.5, 0.6) is 5.75 Å². The number of benzene rings is 2. The lowest BCUT2D eigenvalue weighted by molar-refractivity contribution is -0.137. The van der Waals surface area contributed by atoms with Crippen molar-refractivity contribution in [3.05, 3.63) is 70.1 Å². The van der Waals surface area contributed by atoms with Crippen LogP contribution in [-0.2, 0) is 12.6 Å². The van der Waals surface area contributed by atoms with Gasteiger partial charge in [-0.1, -0.05) is 17.7 Å². The number of anilines is 4. The molecule has 1 aromatic heterocycles. The number of para-hydroxylation sites is 1. The average molecular weight is 522 g/mol. The highest BCUT2D eigenvalue weighted by atomic mass is 35.5. The summed E-state index contributed by atoms with van der Waals surface area (Å²) in [4.78, 5) is 16.8. The van der Waals surface area contributed by atoms with Crippen LogP contribution in [0.1, 0.15) is 35.3 Å². The molecule has 2 aromatic carbocycles. The molecule has 0 bridgehead atoms. The van der Waals surface area contributed by atoms with Crippen molar-refractivity contribution in [1.29, 1.82) is 0 Å². The number of rotatable bonds is 4. The summed E-state index contributed by atoms with van der Waals surface area (Å²) < 4.78 is 58.8. The van der Waals surface area contributed by atoms with Crippen LogP contribution >= 0.6 is 11.6 Å². The number of ether oxygens (including phenoxy) is 1. The summed E-state index contributed by atoms with van der Waals surface area (Å²) in [6.07, 6.45) is -4.05. The van der Waals surface area contributed by atoms with Crippen LogP contribution in [0, 0.1) is 5.82 Å². The Labute approximate surface area is 208 Å². The van der Waals surface area contributed by atoms with Crippen molar-refractivity contribution < 1.29 is 27.1 Å². The van der Waals surface area contributed by atoms with Gasteiger partial charge in [0.05, 0.1) is 33.2 Å². The first-order valence-electron chi connectivity index (χ1n) is 10.9. The summed E-state index contributed by atoms with van der Waals surface area (Å²) in [7, 11) is 0. The van der Waals surface area contributed by atoms with Gasteiger partial charge in [0, 0.05) is 18.2 Å². The minimum absolute atomic E-state index is 0.0423. The largest absolute Gasteiger partial charge is 0.486 e. The summed E-state index contributed by atoms with van der Waals surface area (Å²) in [6, 6.07) is 7.81. The predicted octanol–water partition coefficient (Wildman–Crippen LogP) is 6.09. The molecule has 3 aromatic rings. The van der Waals surface area contributed by atoms with Crippen LogP contribution in [0.3, 0.4) is 0 Å². The number of carbonyl (C=O) groups is 1. The Balaban J connectivity index is 1.43. The van der Waals surface area contributed by atoms with E-state index in [1.165, 1.54) is 12.1 Å². The van der Waals surface area contributed by atoms with E-state index in [1.54, 1.807) is 12.1 Å². The summed E-state index contributed by atoms with van der Waals surface area (Å²) in [5.74, 6) is -0.823. The molecule has 0 spiro atoms. The van der Waals surface area contributed by atoms with Crippen LogP contribution in [0.4, 0.5) is 40.4 Å². The molecule has 36 heavy (non-hydrogen) atoms. The average Bonchev–Trinajstić information content (AvgIpc) is 3.34. The van der Waals surface area contributed by atoms with Crippen molar-refractivity contribution in [2.24, 2.45) is 0 Å². The van der Waals surface area contributed by atoms with E-state index in [0.717, 1.165) is 17.7 Å². The molecule has 0 fully saturated rings. The minimum Gasteiger partial charge on any atom is -0.486 e. The molecule has 0 saturated heterocycles. The van der Waals surface area contributed by atoms with Gasteiger partial charge < -0.3 is 26.0 Å². The Bertz CT molecular complexity index is 1340. The number of carbonyl (C=O) groups excluding carboxylic acids is 1. The monoisotopic (exact) mass is 521 g/mol. The van der Waals surface area contributed by atoms with E-state index in [2.05, 4.69) is 26.3 Å². The SMILES string of the molecule is CC1(C)Cc2c3c(cc(C(=O)Nc4ccc(C(F)(F)F)cn4)c2O1)NC(Nc1c(F)cccc1Cl)N3. The Kier molecular flexibility index (Phi) is 5.62. The molecular formula is C24H20ClF4N5O2. The van der Waals surface area contributed by atoms with Gasteiger partial charge in [-0.05, 0) is 44.2 Å². The number of alkyl halides is 3. The second-order valence-corrected chi connectivity index (χ2v) is 9.45. The first-order chi connectivity index (χ1) is 16.9. The van der Waals surface area contributed by atoms with Gasteiger partial charge in [-0.25, -0.2) is 9.37 Å². The van der Waals surface area contributed by atoms with Crippen LogP contribution in [0.15, 0.2) is 42.6 Å². The Morgan fingerprint density at radius 2 is 2.00 bits per heavy atom. The summed E-state index contributed by atoms with van der Waals surface area (Å²) in [6.45, 7) is 3.74. The van der Waals surface area contributed by atoms with Crippen molar-refractivity contribution in [1.82, 2.24) is 4.98 Å². The zero-order chi connectivity index (χ0) is 25.8. The van der Waals surface area contributed by atoms with E-state index in [0.29, 0.717) is 29.7 Å². The highest BCUT2D eigenvalue weighted by Crippen LogP contribution is 2.48. The van der Waals surface area contributed by atoms with Crippen molar-refractivity contribution in [3.63, 3.8) is 0 Å². The quantitative estimate of drug-likeness (QED) is 0.311. The van der Waals surface area contributed by atoms with Crippen molar-refractivity contribution in [2.45, 2.75) is 38.3 Å². The zero-order valence-corrected chi connectivity index (χ0v) is 19.7. The third-order valence-corrected chi connectivity index (χ3v) is 6.09. The Hall–Kier alpha value is -3.73. The van der Waals surface area contributed by atoms with E-state index in [4.69, 9.17) is 16.3 Å². The maximum Gasteiger partial charge on any atom is 0.417 e. The summed E-state index contributed by atoms with van der Waals surface area (Å²) >= 11 is 6.13. The van der Waals surface area contributed by atoms with E-state index in [-0.39, 0.29) is 22.1 Å². The number of nitrogens with zero attached hydrogens (tertiary/aromatic N) is 1. The molecule has 12 heteroatoms. The predicted molar refractivity (Wildman–Crippen MR) is 128 cm³/mol. The second-order valence-electron chi connectivity index (χ2n) is 9.04. The van der Waals surface area contributed by atoms with Crippen molar-refractivity contribution >= 4 is 40.4 Å². The molecular weight excluding hydrogens is 502 g/mol. The van der Waals surface area contributed by atoms with Crippen molar-refractivity contribution in [3.8, 4) is 5.75 Å². The lowest BCUT2D eigenvalue weighted by Gasteiger charge is -2.18. The first kappa shape index (κ1) is 24.0. The zero-order valence-electron chi connectivity index (χ0n) is 19.0. The lowest BCUT2D eigenvalue weighted by Crippen LogP contribution is -2.32. The number of halogens is 5. The molecule has 7 nitrogen and oxygen atoms in total. The fraction of sp³-hybridized carbons (Fsp3) is 0.250. The van der Waals surface area contributed by atoms with Gasteiger partial charge in [-0.2, -0.15) is 13.2 Å². The molecule has 188 valence electrons. The summed E-state index contributed by atoms with van der Waals surface area (Å²) in [5.41, 5.74) is 0.732. The van der Waals surface area contributed by atoms with Crippen LogP contribution < -0.4 is 26.0 Å². The highest BCUT2D eigenvalue weighted by Gasteiger charge is 2.39. The number of nitrogens with one attached hydrogen (secondary N) is 4. The van der Waals surface area contributed by atoms with E-state index in [9.17, 15) is 22.4 Å². The number of amides is 1. The normalized spacial score (nSPS) is 17.4. The van der Waals surface area contributed by atoms with Gasteiger partial charge in [0.25, 0.3) is 5.91 Å². The molecule has 2 aliphatic rings. The molecule has 1 amide bonds. The molecule has 1 atom stereocenters.